The number of aromatic nitrogens is 2. The molecule has 2 unspecified atom stereocenters. The monoisotopic (exact) mass is 326 g/mol. The van der Waals surface area contributed by atoms with Crippen molar-refractivity contribution in [3.8, 4) is 11.8 Å². The van der Waals surface area contributed by atoms with Crippen molar-refractivity contribution in [2.75, 3.05) is 14.2 Å². The fraction of sp³-hybridized carbons (Fsp3) is 0.688. The highest BCUT2D eigenvalue weighted by atomic mass is 32.2. The summed E-state index contributed by atoms with van der Waals surface area (Å²) in [6, 6.07) is 1.64. The molecule has 0 radical (unpaired) electrons. The average molecular weight is 326 g/mol. The molecule has 5 nitrogen and oxygen atoms in total. The van der Waals surface area contributed by atoms with Crippen molar-refractivity contribution in [1.29, 1.82) is 0 Å². The van der Waals surface area contributed by atoms with Gasteiger partial charge in [-0.05, 0) is 12.3 Å². The quantitative estimate of drug-likeness (QED) is 0.267. The van der Waals surface area contributed by atoms with E-state index in [0.29, 0.717) is 29.3 Å². The van der Waals surface area contributed by atoms with Crippen LogP contribution in [0.2, 0.25) is 0 Å². The van der Waals surface area contributed by atoms with Crippen LogP contribution in [0.15, 0.2) is 11.2 Å². The average Bonchev–Trinajstić information content (AvgIpc) is 2.54. The Hall–Kier alpha value is -1.30. The molecule has 0 aromatic carbocycles. The molecule has 0 aliphatic heterocycles. The van der Waals surface area contributed by atoms with E-state index in [1.54, 1.807) is 20.3 Å². The van der Waals surface area contributed by atoms with E-state index in [4.69, 9.17) is 9.47 Å². The molecule has 1 heterocycles. The van der Waals surface area contributed by atoms with Crippen LogP contribution in [0, 0.1) is 5.92 Å². The maximum absolute atomic E-state index is 11.0. The molecule has 6 heteroatoms. The number of carbonyl (C=O) groups is 1. The van der Waals surface area contributed by atoms with Gasteiger partial charge in [0, 0.05) is 11.7 Å². The summed E-state index contributed by atoms with van der Waals surface area (Å²) in [6.07, 6.45) is 6.21. The summed E-state index contributed by atoms with van der Waals surface area (Å²) < 4.78 is 10.3. The summed E-state index contributed by atoms with van der Waals surface area (Å²) in [4.78, 5) is 19.7. The SMILES string of the molecule is CCCCCC(C)C(CC=O)Sc1nc(OC)cc(OC)n1. The minimum absolute atomic E-state index is 0.172. The Bertz CT molecular complexity index is 435. The highest BCUT2D eigenvalue weighted by molar-refractivity contribution is 7.99. The predicted octanol–water partition coefficient (Wildman–Crippen LogP) is 3.76. The maximum atomic E-state index is 11.0. The van der Waals surface area contributed by atoms with Crippen LogP contribution in [-0.4, -0.2) is 35.7 Å². The van der Waals surface area contributed by atoms with Gasteiger partial charge in [-0.25, -0.2) is 0 Å². The van der Waals surface area contributed by atoms with Crippen molar-refractivity contribution in [3.05, 3.63) is 6.07 Å². The molecule has 0 N–H and O–H groups in total. The molecule has 0 bridgehead atoms. The third kappa shape index (κ3) is 6.22. The lowest BCUT2D eigenvalue weighted by Gasteiger charge is -2.21. The number of thioether (sulfide) groups is 1. The number of methoxy groups -OCH3 is 2. The van der Waals surface area contributed by atoms with E-state index in [1.165, 1.54) is 31.0 Å². The zero-order chi connectivity index (χ0) is 16.4. The van der Waals surface area contributed by atoms with E-state index in [0.717, 1.165) is 12.7 Å². The van der Waals surface area contributed by atoms with Gasteiger partial charge < -0.3 is 14.3 Å². The number of hydrogen-bond donors (Lipinski definition) is 0. The van der Waals surface area contributed by atoms with E-state index in [1.807, 2.05) is 0 Å². The Kier molecular flexibility index (Phi) is 8.89. The first-order valence-corrected chi connectivity index (χ1v) is 8.59. The molecule has 2 atom stereocenters. The van der Waals surface area contributed by atoms with Crippen LogP contribution < -0.4 is 9.47 Å². The van der Waals surface area contributed by atoms with Crippen LogP contribution in [0.1, 0.15) is 46.0 Å². The highest BCUT2D eigenvalue weighted by Gasteiger charge is 2.20. The minimum Gasteiger partial charge on any atom is -0.481 e. The third-order valence-corrected chi connectivity index (χ3v) is 4.91. The lowest BCUT2D eigenvalue weighted by molar-refractivity contribution is -0.108. The topological polar surface area (TPSA) is 61.3 Å². The van der Waals surface area contributed by atoms with Crippen molar-refractivity contribution in [2.24, 2.45) is 5.92 Å². The molecule has 124 valence electrons. The van der Waals surface area contributed by atoms with Gasteiger partial charge in [-0.1, -0.05) is 44.9 Å². The number of unbranched alkanes of at least 4 members (excludes halogenated alkanes) is 2. The first kappa shape index (κ1) is 18.7. The Balaban J connectivity index is 2.78. The number of nitrogens with zero attached hydrogens (tertiary/aromatic N) is 2. The van der Waals surface area contributed by atoms with Gasteiger partial charge >= 0.3 is 0 Å². The number of ether oxygens (including phenoxy) is 2. The van der Waals surface area contributed by atoms with E-state index >= 15 is 0 Å². The molecule has 1 aromatic rings. The van der Waals surface area contributed by atoms with Crippen molar-refractivity contribution in [2.45, 2.75) is 56.4 Å². The fourth-order valence-electron chi connectivity index (χ4n) is 2.17. The Labute approximate surface area is 137 Å². The molecule has 22 heavy (non-hydrogen) atoms. The summed E-state index contributed by atoms with van der Waals surface area (Å²) in [5.74, 6) is 1.37. The predicted molar refractivity (Wildman–Crippen MR) is 88.8 cm³/mol. The summed E-state index contributed by atoms with van der Waals surface area (Å²) in [7, 11) is 3.12. The van der Waals surface area contributed by atoms with Gasteiger partial charge in [0.15, 0.2) is 5.16 Å². The first-order chi connectivity index (χ1) is 10.6. The molecule has 0 aliphatic rings. The van der Waals surface area contributed by atoms with E-state index in [-0.39, 0.29) is 5.25 Å². The van der Waals surface area contributed by atoms with Crippen molar-refractivity contribution in [3.63, 3.8) is 0 Å². The van der Waals surface area contributed by atoms with Gasteiger partial charge in [-0.15, -0.1) is 0 Å². The van der Waals surface area contributed by atoms with Crippen molar-refractivity contribution < 1.29 is 14.3 Å². The van der Waals surface area contributed by atoms with Crippen molar-refractivity contribution in [1.82, 2.24) is 9.97 Å². The Morgan fingerprint density at radius 2 is 1.86 bits per heavy atom. The molecule has 1 rings (SSSR count). The standard InChI is InChI=1S/C16H26N2O3S/c1-5-6-7-8-12(2)13(9-10-19)22-16-17-14(20-3)11-15(18-16)21-4/h10-13H,5-9H2,1-4H3. The van der Waals surface area contributed by atoms with Crippen LogP contribution in [0.4, 0.5) is 0 Å². The number of rotatable bonds is 11. The largest absolute Gasteiger partial charge is 0.481 e. The molecular weight excluding hydrogens is 300 g/mol. The molecule has 0 spiro atoms. The van der Waals surface area contributed by atoms with Crippen LogP contribution in [0.3, 0.4) is 0 Å². The lowest BCUT2D eigenvalue weighted by atomic mass is 9.98. The molecule has 0 amide bonds. The summed E-state index contributed by atoms with van der Waals surface area (Å²) in [6.45, 7) is 4.38. The lowest BCUT2D eigenvalue weighted by Crippen LogP contribution is -2.16. The Morgan fingerprint density at radius 3 is 2.36 bits per heavy atom. The van der Waals surface area contributed by atoms with E-state index < -0.39 is 0 Å². The van der Waals surface area contributed by atoms with Crippen LogP contribution >= 0.6 is 11.8 Å². The van der Waals surface area contributed by atoms with Crippen LogP contribution in [0.25, 0.3) is 0 Å². The maximum Gasteiger partial charge on any atom is 0.220 e. The minimum atomic E-state index is 0.172. The van der Waals surface area contributed by atoms with Gasteiger partial charge in [-0.2, -0.15) is 9.97 Å². The number of aldehydes is 1. The van der Waals surface area contributed by atoms with Gasteiger partial charge in [0.05, 0.1) is 20.3 Å². The fourth-order valence-corrected chi connectivity index (χ4v) is 3.27. The van der Waals surface area contributed by atoms with E-state index in [2.05, 4.69) is 23.8 Å². The molecule has 0 saturated carbocycles. The summed E-state index contributed by atoms with van der Waals surface area (Å²) >= 11 is 1.53. The first-order valence-electron chi connectivity index (χ1n) is 7.71. The zero-order valence-electron chi connectivity index (χ0n) is 13.9. The van der Waals surface area contributed by atoms with Crippen LogP contribution in [-0.2, 0) is 4.79 Å². The van der Waals surface area contributed by atoms with Gasteiger partial charge in [0.25, 0.3) is 0 Å². The number of carbonyl (C=O) groups excluding carboxylic acids is 1. The van der Waals surface area contributed by atoms with Crippen molar-refractivity contribution >= 4 is 18.0 Å². The van der Waals surface area contributed by atoms with Gasteiger partial charge in [-0.3, -0.25) is 0 Å². The second-order valence-electron chi connectivity index (χ2n) is 5.27. The molecule has 0 fully saturated rings. The second-order valence-corrected chi connectivity index (χ2v) is 6.47. The summed E-state index contributed by atoms with van der Waals surface area (Å²) in [5.41, 5.74) is 0. The number of hydrogen-bond acceptors (Lipinski definition) is 6. The van der Waals surface area contributed by atoms with Gasteiger partial charge in [0.1, 0.15) is 6.29 Å². The highest BCUT2D eigenvalue weighted by Crippen LogP contribution is 2.32. The third-order valence-electron chi connectivity index (χ3n) is 3.56. The van der Waals surface area contributed by atoms with Crippen LogP contribution in [0.5, 0.6) is 11.8 Å². The van der Waals surface area contributed by atoms with Gasteiger partial charge in [0.2, 0.25) is 11.8 Å². The zero-order valence-corrected chi connectivity index (χ0v) is 14.7. The molecule has 1 aromatic heterocycles. The normalized spacial score (nSPS) is 13.5. The second kappa shape index (κ2) is 10.4. The Morgan fingerprint density at radius 1 is 1.23 bits per heavy atom. The summed E-state index contributed by atoms with van der Waals surface area (Å²) in [5, 5.41) is 0.761. The van der Waals surface area contributed by atoms with E-state index in [9.17, 15) is 4.79 Å². The molecule has 0 saturated heterocycles. The molecule has 0 aliphatic carbocycles. The molecular formula is C16H26N2O3S. The smallest absolute Gasteiger partial charge is 0.220 e.